The normalized spacial score (nSPS) is 10.1. The summed E-state index contributed by atoms with van der Waals surface area (Å²) >= 11 is 5.76. The molecule has 4 heteroatoms. The molecule has 0 aromatic heterocycles. The minimum absolute atomic E-state index is 0. The van der Waals surface area contributed by atoms with Gasteiger partial charge in [0.1, 0.15) is 0 Å². The fourth-order valence-electron chi connectivity index (χ4n) is 1.12. The minimum Gasteiger partial charge on any atom is -0.151 e. The first-order valence-corrected chi connectivity index (χ1v) is 4.95. The molecule has 0 saturated heterocycles. The van der Waals surface area contributed by atoms with E-state index in [1.165, 1.54) is 0 Å². The quantitative estimate of drug-likeness (QED) is 0.659. The molecule has 0 aliphatic heterocycles. The van der Waals surface area contributed by atoms with Crippen LogP contribution in [0, 0.1) is 0 Å². The van der Waals surface area contributed by atoms with Gasteiger partial charge in [0.15, 0.2) is 0 Å². The Hall–Kier alpha value is -1.38. The highest BCUT2D eigenvalue weighted by Crippen LogP contribution is 2.19. The van der Waals surface area contributed by atoms with Gasteiger partial charge in [-0.1, -0.05) is 29.8 Å². The van der Waals surface area contributed by atoms with Crippen molar-refractivity contribution >= 4 is 35.4 Å². The largest absolute Gasteiger partial charge is 0.151 e. The molecule has 0 bridgehead atoms. The molecular weight excluding hydrogens is 243 g/mol. The summed E-state index contributed by atoms with van der Waals surface area (Å²) < 4.78 is 0. The van der Waals surface area contributed by atoms with Crippen molar-refractivity contribution in [2.75, 3.05) is 0 Å². The van der Waals surface area contributed by atoms with Crippen LogP contribution in [0.5, 0.6) is 0 Å². The molecule has 0 unspecified atom stereocenters. The van der Waals surface area contributed by atoms with Gasteiger partial charge in [0.25, 0.3) is 0 Å². The molecule has 2 aromatic rings. The van der Waals surface area contributed by atoms with Crippen LogP contribution in [0.15, 0.2) is 64.8 Å². The first-order chi connectivity index (χ1) is 7.34. The predicted molar refractivity (Wildman–Crippen MR) is 69.3 cm³/mol. The van der Waals surface area contributed by atoms with Gasteiger partial charge < -0.3 is 0 Å². The Kier molecular flexibility index (Phi) is 4.96. The molecule has 2 aromatic carbocycles. The third-order valence-electron chi connectivity index (χ3n) is 1.86. The van der Waals surface area contributed by atoms with Gasteiger partial charge in [-0.15, -0.1) is 12.4 Å². The molecule has 0 fully saturated rings. The third-order valence-corrected chi connectivity index (χ3v) is 2.12. The predicted octanol–water partition coefficient (Wildman–Crippen LogP) is 5.18. The van der Waals surface area contributed by atoms with Gasteiger partial charge in [0, 0.05) is 5.02 Å². The summed E-state index contributed by atoms with van der Waals surface area (Å²) in [6, 6.07) is 16.8. The summed E-state index contributed by atoms with van der Waals surface area (Å²) in [5, 5.41) is 8.87. The lowest BCUT2D eigenvalue weighted by molar-refractivity contribution is 1.23. The van der Waals surface area contributed by atoms with E-state index in [-0.39, 0.29) is 12.4 Å². The van der Waals surface area contributed by atoms with E-state index in [1.807, 2.05) is 42.5 Å². The van der Waals surface area contributed by atoms with Crippen molar-refractivity contribution in [2.24, 2.45) is 10.2 Å². The van der Waals surface area contributed by atoms with E-state index in [1.54, 1.807) is 12.1 Å². The number of hydrogen-bond donors (Lipinski definition) is 0. The van der Waals surface area contributed by atoms with Gasteiger partial charge in [-0.05, 0) is 36.4 Å². The zero-order valence-corrected chi connectivity index (χ0v) is 9.95. The zero-order valence-electron chi connectivity index (χ0n) is 8.38. The van der Waals surface area contributed by atoms with Crippen molar-refractivity contribution in [1.82, 2.24) is 0 Å². The highest BCUT2D eigenvalue weighted by molar-refractivity contribution is 6.30. The van der Waals surface area contributed by atoms with Crippen LogP contribution in [0.3, 0.4) is 0 Å². The van der Waals surface area contributed by atoms with E-state index >= 15 is 0 Å². The van der Waals surface area contributed by atoms with Gasteiger partial charge in [0.2, 0.25) is 0 Å². The first-order valence-electron chi connectivity index (χ1n) is 4.57. The molecule has 0 atom stereocenters. The summed E-state index contributed by atoms with van der Waals surface area (Å²) in [6.07, 6.45) is 0. The van der Waals surface area contributed by atoms with E-state index in [2.05, 4.69) is 10.2 Å². The average molecular weight is 253 g/mol. The fourth-order valence-corrected chi connectivity index (χ4v) is 1.24. The Morgan fingerprint density at radius 2 is 1.19 bits per heavy atom. The van der Waals surface area contributed by atoms with E-state index in [0.717, 1.165) is 11.4 Å². The second-order valence-corrected chi connectivity index (χ2v) is 3.45. The Morgan fingerprint density at radius 3 is 1.75 bits per heavy atom. The van der Waals surface area contributed by atoms with E-state index in [9.17, 15) is 0 Å². The van der Waals surface area contributed by atoms with Gasteiger partial charge >= 0.3 is 0 Å². The second kappa shape index (κ2) is 6.26. The molecule has 0 amide bonds. The van der Waals surface area contributed by atoms with Crippen molar-refractivity contribution in [3.63, 3.8) is 0 Å². The molecule has 0 aliphatic carbocycles. The molecule has 0 radical (unpaired) electrons. The van der Waals surface area contributed by atoms with E-state index in [4.69, 9.17) is 11.6 Å². The van der Waals surface area contributed by atoms with Crippen LogP contribution in [-0.4, -0.2) is 0 Å². The number of rotatable bonds is 2. The SMILES string of the molecule is Cl.Clc1ccc(N=Nc2ccccc2)cc1. The van der Waals surface area contributed by atoms with Crippen molar-refractivity contribution < 1.29 is 0 Å². The molecule has 0 N–H and O–H groups in total. The second-order valence-electron chi connectivity index (χ2n) is 3.01. The minimum atomic E-state index is 0. The summed E-state index contributed by atoms with van der Waals surface area (Å²) in [6.45, 7) is 0. The number of azo groups is 1. The van der Waals surface area contributed by atoms with Crippen LogP contribution in [-0.2, 0) is 0 Å². The van der Waals surface area contributed by atoms with Crippen LogP contribution in [0.25, 0.3) is 0 Å². The maximum absolute atomic E-state index is 5.76. The maximum atomic E-state index is 5.76. The summed E-state index contributed by atoms with van der Waals surface area (Å²) in [4.78, 5) is 0. The van der Waals surface area contributed by atoms with Crippen molar-refractivity contribution in [2.45, 2.75) is 0 Å². The Bertz CT molecular complexity index is 452. The Morgan fingerprint density at radius 1 is 0.688 bits per heavy atom. The first kappa shape index (κ1) is 12.7. The summed E-state index contributed by atoms with van der Waals surface area (Å²) in [5.41, 5.74) is 1.63. The van der Waals surface area contributed by atoms with Gasteiger partial charge in [-0.3, -0.25) is 0 Å². The maximum Gasteiger partial charge on any atom is 0.0858 e. The lowest BCUT2D eigenvalue weighted by atomic mass is 10.3. The molecule has 2 rings (SSSR count). The number of halogens is 2. The lowest BCUT2D eigenvalue weighted by Gasteiger charge is -1.92. The monoisotopic (exact) mass is 252 g/mol. The van der Waals surface area contributed by atoms with E-state index in [0.29, 0.717) is 5.02 Å². The standard InChI is InChI=1S/C12H9ClN2.ClH/c13-10-6-8-12(9-7-10)15-14-11-4-2-1-3-5-11;/h1-9H;1H. The number of benzene rings is 2. The molecule has 0 heterocycles. The molecule has 2 nitrogen and oxygen atoms in total. The van der Waals surface area contributed by atoms with Crippen LogP contribution in [0.2, 0.25) is 5.02 Å². The highest BCUT2D eigenvalue weighted by atomic mass is 35.5. The third kappa shape index (κ3) is 3.65. The van der Waals surface area contributed by atoms with Gasteiger partial charge in [-0.25, -0.2) is 0 Å². The lowest BCUT2D eigenvalue weighted by Crippen LogP contribution is -1.64. The number of nitrogens with zero attached hydrogens (tertiary/aromatic N) is 2. The zero-order chi connectivity index (χ0) is 10.5. The molecule has 82 valence electrons. The molecule has 16 heavy (non-hydrogen) atoms. The molecule has 0 aliphatic rings. The Labute approximate surface area is 105 Å². The van der Waals surface area contributed by atoms with Crippen molar-refractivity contribution in [3.05, 3.63) is 59.6 Å². The topological polar surface area (TPSA) is 24.7 Å². The summed E-state index contributed by atoms with van der Waals surface area (Å²) in [5.74, 6) is 0. The van der Waals surface area contributed by atoms with Crippen molar-refractivity contribution in [3.8, 4) is 0 Å². The smallest absolute Gasteiger partial charge is 0.0858 e. The van der Waals surface area contributed by atoms with Gasteiger partial charge in [-0.2, -0.15) is 10.2 Å². The van der Waals surface area contributed by atoms with E-state index < -0.39 is 0 Å². The molecular formula is C12H10Cl2N2. The summed E-state index contributed by atoms with van der Waals surface area (Å²) in [7, 11) is 0. The van der Waals surface area contributed by atoms with Crippen LogP contribution in [0.4, 0.5) is 11.4 Å². The molecule has 0 spiro atoms. The van der Waals surface area contributed by atoms with Crippen LogP contribution < -0.4 is 0 Å². The van der Waals surface area contributed by atoms with Crippen molar-refractivity contribution in [1.29, 1.82) is 0 Å². The highest BCUT2D eigenvalue weighted by Gasteiger charge is 1.90. The fraction of sp³-hybridized carbons (Fsp3) is 0. The number of hydrogen-bond acceptors (Lipinski definition) is 2. The van der Waals surface area contributed by atoms with Crippen LogP contribution in [0.1, 0.15) is 0 Å². The average Bonchev–Trinajstić information content (AvgIpc) is 2.30. The Balaban J connectivity index is 0.00000128. The van der Waals surface area contributed by atoms with Gasteiger partial charge in [0.05, 0.1) is 11.4 Å². The molecule has 0 saturated carbocycles. The van der Waals surface area contributed by atoms with Crippen LogP contribution >= 0.6 is 24.0 Å².